The van der Waals surface area contributed by atoms with Crippen LogP contribution in [0.15, 0.2) is 54.6 Å². The van der Waals surface area contributed by atoms with Gasteiger partial charge in [-0.3, -0.25) is 9.59 Å². The lowest BCUT2D eigenvalue weighted by molar-refractivity contribution is -0.121. The summed E-state index contributed by atoms with van der Waals surface area (Å²) < 4.78 is 0. The molecule has 0 bridgehead atoms. The minimum absolute atomic E-state index is 0.00862. The minimum Gasteiger partial charge on any atom is -0.352 e. The average Bonchev–Trinajstić information content (AvgIpc) is 3.13. The number of hydrogen-bond donors (Lipinski definition) is 2. The van der Waals surface area contributed by atoms with E-state index in [0.717, 1.165) is 30.6 Å². The molecule has 0 spiro atoms. The van der Waals surface area contributed by atoms with Gasteiger partial charge < -0.3 is 10.6 Å². The van der Waals surface area contributed by atoms with Gasteiger partial charge in [0, 0.05) is 31.0 Å². The summed E-state index contributed by atoms with van der Waals surface area (Å²) in [5.74, 6) is -0.0349. The summed E-state index contributed by atoms with van der Waals surface area (Å²) in [4.78, 5) is 24.1. The van der Waals surface area contributed by atoms with Crippen LogP contribution in [0.2, 0.25) is 0 Å². The van der Waals surface area contributed by atoms with Crippen LogP contribution in [0, 0.1) is 0 Å². The Morgan fingerprint density at radius 3 is 2.33 bits per heavy atom. The van der Waals surface area contributed by atoms with Crippen LogP contribution in [0.4, 0.5) is 0 Å². The maximum absolute atomic E-state index is 12.2. The summed E-state index contributed by atoms with van der Waals surface area (Å²) in [5.41, 5.74) is 2.87. The molecule has 1 aliphatic heterocycles. The highest BCUT2D eigenvalue weighted by molar-refractivity contribution is 5.98. The number of carbonyl (C=O) groups excluding carboxylic acids is 2. The quantitative estimate of drug-likeness (QED) is 0.804. The topological polar surface area (TPSA) is 58.2 Å². The lowest BCUT2D eigenvalue weighted by Crippen LogP contribution is -2.36. The molecule has 1 saturated heterocycles. The van der Waals surface area contributed by atoms with Crippen LogP contribution in [-0.4, -0.2) is 30.8 Å². The Balaban J connectivity index is 1.52. The van der Waals surface area contributed by atoms with Gasteiger partial charge in [0.1, 0.15) is 0 Å². The van der Waals surface area contributed by atoms with Crippen molar-refractivity contribution in [1.82, 2.24) is 10.6 Å². The Morgan fingerprint density at radius 1 is 0.958 bits per heavy atom. The third-order valence-electron chi connectivity index (χ3n) is 4.32. The molecule has 1 heterocycles. The Morgan fingerprint density at radius 2 is 1.67 bits per heavy atom. The SMILES string of the molecule is O=C(CCC(=O)c1ccc(-c2ccccc2)cc1)NC1CCNC1. The summed E-state index contributed by atoms with van der Waals surface area (Å²) in [5, 5.41) is 6.17. The fourth-order valence-electron chi connectivity index (χ4n) is 2.93. The van der Waals surface area contributed by atoms with Crippen LogP contribution in [0.3, 0.4) is 0 Å². The Hall–Kier alpha value is -2.46. The van der Waals surface area contributed by atoms with Crippen molar-refractivity contribution in [2.75, 3.05) is 13.1 Å². The molecule has 2 aromatic carbocycles. The van der Waals surface area contributed by atoms with E-state index in [-0.39, 0.29) is 30.6 Å². The first-order chi connectivity index (χ1) is 11.7. The number of hydrogen-bond acceptors (Lipinski definition) is 3. The van der Waals surface area contributed by atoms with Gasteiger partial charge in [0.2, 0.25) is 5.91 Å². The first-order valence-corrected chi connectivity index (χ1v) is 8.41. The monoisotopic (exact) mass is 322 g/mol. The first kappa shape index (κ1) is 16.4. The highest BCUT2D eigenvalue weighted by Crippen LogP contribution is 2.19. The predicted molar refractivity (Wildman–Crippen MR) is 94.9 cm³/mol. The lowest BCUT2D eigenvalue weighted by atomic mass is 10.0. The second-order valence-corrected chi connectivity index (χ2v) is 6.12. The molecule has 2 aromatic rings. The van der Waals surface area contributed by atoms with Gasteiger partial charge in [-0.25, -0.2) is 0 Å². The summed E-state index contributed by atoms with van der Waals surface area (Å²) in [6, 6.07) is 17.8. The maximum atomic E-state index is 12.2. The van der Waals surface area contributed by atoms with Crippen LogP contribution in [0.25, 0.3) is 11.1 Å². The third-order valence-corrected chi connectivity index (χ3v) is 4.32. The highest BCUT2D eigenvalue weighted by Gasteiger charge is 2.17. The van der Waals surface area contributed by atoms with Gasteiger partial charge in [-0.05, 0) is 24.1 Å². The third kappa shape index (κ3) is 4.30. The fraction of sp³-hybridized carbons (Fsp3) is 0.300. The molecule has 0 aliphatic carbocycles. The zero-order valence-electron chi connectivity index (χ0n) is 13.6. The fourth-order valence-corrected chi connectivity index (χ4v) is 2.93. The Bertz CT molecular complexity index is 689. The van der Waals surface area contributed by atoms with E-state index in [0.29, 0.717) is 5.56 Å². The van der Waals surface area contributed by atoms with Crippen molar-refractivity contribution in [2.24, 2.45) is 0 Å². The smallest absolute Gasteiger partial charge is 0.220 e. The molecule has 4 heteroatoms. The van der Waals surface area contributed by atoms with Gasteiger partial charge in [0.15, 0.2) is 5.78 Å². The molecule has 24 heavy (non-hydrogen) atoms. The van der Waals surface area contributed by atoms with Gasteiger partial charge in [-0.15, -0.1) is 0 Å². The minimum atomic E-state index is -0.0436. The number of amides is 1. The molecular weight excluding hydrogens is 300 g/mol. The van der Waals surface area contributed by atoms with Crippen molar-refractivity contribution in [3.8, 4) is 11.1 Å². The van der Waals surface area contributed by atoms with Crippen LogP contribution in [0.1, 0.15) is 29.6 Å². The predicted octanol–water partition coefficient (Wildman–Crippen LogP) is 2.79. The van der Waals surface area contributed by atoms with Crippen LogP contribution in [0.5, 0.6) is 0 Å². The molecule has 0 aromatic heterocycles. The number of ketones is 1. The molecule has 4 nitrogen and oxygen atoms in total. The summed E-state index contributed by atoms with van der Waals surface area (Å²) in [6.45, 7) is 1.76. The van der Waals surface area contributed by atoms with Gasteiger partial charge in [-0.1, -0.05) is 54.6 Å². The highest BCUT2D eigenvalue weighted by atomic mass is 16.2. The van der Waals surface area contributed by atoms with Crippen molar-refractivity contribution >= 4 is 11.7 Å². The summed E-state index contributed by atoms with van der Waals surface area (Å²) in [7, 11) is 0. The van der Waals surface area contributed by atoms with Gasteiger partial charge in [-0.2, -0.15) is 0 Å². The molecule has 1 aliphatic rings. The van der Waals surface area contributed by atoms with E-state index in [2.05, 4.69) is 10.6 Å². The molecule has 0 radical (unpaired) electrons. The largest absolute Gasteiger partial charge is 0.352 e. The molecule has 124 valence electrons. The zero-order chi connectivity index (χ0) is 16.8. The van der Waals surface area contributed by atoms with E-state index in [1.807, 2.05) is 54.6 Å². The second kappa shape index (κ2) is 7.88. The van der Waals surface area contributed by atoms with E-state index in [4.69, 9.17) is 0 Å². The summed E-state index contributed by atoms with van der Waals surface area (Å²) in [6.07, 6.45) is 1.45. The van der Waals surface area contributed by atoms with Crippen LogP contribution >= 0.6 is 0 Å². The normalized spacial score (nSPS) is 16.8. The van der Waals surface area contributed by atoms with E-state index in [1.54, 1.807) is 0 Å². The molecule has 1 unspecified atom stereocenters. The van der Waals surface area contributed by atoms with E-state index in [9.17, 15) is 9.59 Å². The number of nitrogens with one attached hydrogen (secondary N) is 2. The van der Waals surface area contributed by atoms with Crippen LogP contribution < -0.4 is 10.6 Å². The Kier molecular flexibility index (Phi) is 5.39. The van der Waals surface area contributed by atoms with Crippen molar-refractivity contribution < 1.29 is 9.59 Å². The Labute approximate surface area is 142 Å². The molecule has 1 fully saturated rings. The van der Waals surface area contributed by atoms with E-state index >= 15 is 0 Å². The van der Waals surface area contributed by atoms with E-state index in [1.165, 1.54) is 0 Å². The number of benzene rings is 2. The zero-order valence-corrected chi connectivity index (χ0v) is 13.6. The van der Waals surface area contributed by atoms with Crippen molar-refractivity contribution in [1.29, 1.82) is 0 Å². The second-order valence-electron chi connectivity index (χ2n) is 6.12. The number of rotatable bonds is 6. The molecule has 3 rings (SSSR count). The van der Waals surface area contributed by atoms with E-state index < -0.39 is 0 Å². The average molecular weight is 322 g/mol. The molecule has 0 saturated carbocycles. The van der Waals surface area contributed by atoms with Gasteiger partial charge in [0.25, 0.3) is 0 Å². The molecule has 1 amide bonds. The molecule has 2 N–H and O–H groups in total. The van der Waals surface area contributed by atoms with Crippen molar-refractivity contribution in [2.45, 2.75) is 25.3 Å². The lowest BCUT2D eigenvalue weighted by Gasteiger charge is -2.10. The molecule has 1 atom stereocenters. The standard InChI is InChI=1S/C20H22N2O2/c23-19(10-11-20(24)22-18-12-13-21-14-18)17-8-6-16(7-9-17)15-4-2-1-3-5-15/h1-9,18,21H,10-14H2,(H,22,24). The summed E-state index contributed by atoms with van der Waals surface area (Å²) >= 11 is 0. The van der Waals surface area contributed by atoms with Crippen LogP contribution in [-0.2, 0) is 4.79 Å². The number of carbonyl (C=O) groups is 2. The number of Topliss-reactive ketones (excluding diaryl/α,β-unsaturated/α-hetero) is 1. The van der Waals surface area contributed by atoms with Gasteiger partial charge >= 0.3 is 0 Å². The maximum Gasteiger partial charge on any atom is 0.220 e. The van der Waals surface area contributed by atoms with Crippen molar-refractivity contribution in [3.05, 3.63) is 60.2 Å². The van der Waals surface area contributed by atoms with Crippen molar-refractivity contribution in [3.63, 3.8) is 0 Å². The molecular formula is C20H22N2O2. The first-order valence-electron chi connectivity index (χ1n) is 8.41. The van der Waals surface area contributed by atoms with Gasteiger partial charge in [0.05, 0.1) is 0 Å².